The average molecular weight is 405 g/mol. The van der Waals surface area contributed by atoms with Gasteiger partial charge in [0.1, 0.15) is 11.3 Å². The zero-order valence-electron chi connectivity index (χ0n) is 10.9. The van der Waals surface area contributed by atoms with Gasteiger partial charge in [-0.2, -0.15) is 0 Å². The third-order valence-electron chi connectivity index (χ3n) is 3.17. The van der Waals surface area contributed by atoms with E-state index in [-0.39, 0.29) is 5.38 Å². The summed E-state index contributed by atoms with van der Waals surface area (Å²) < 4.78 is 2.87. The van der Waals surface area contributed by atoms with Gasteiger partial charge in [-0.1, -0.05) is 45.2 Å². The van der Waals surface area contributed by atoms with Crippen LogP contribution >= 0.6 is 50.7 Å². The van der Waals surface area contributed by atoms with Gasteiger partial charge in [-0.25, -0.2) is 4.98 Å². The fourth-order valence-corrected chi connectivity index (χ4v) is 3.38. The second kappa shape index (κ2) is 5.81. The first-order valence-corrected chi connectivity index (χ1v) is 8.24. The van der Waals surface area contributed by atoms with Crippen LogP contribution in [0.15, 0.2) is 40.9 Å². The highest BCUT2D eigenvalue weighted by atomic mass is 79.9. The van der Waals surface area contributed by atoms with Crippen molar-refractivity contribution in [2.75, 3.05) is 0 Å². The Hall–Kier alpha value is -0.740. The van der Waals surface area contributed by atoms with Crippen LogP contribution in [0.1, 0.15) is 18.1 Å². The van der Waals surface area contributed by atoms with Crippen molar-refractivity contribution >= 4 is 61.8 Å². The first kappa shape index (κ1) is 15.2. The van der Waals surface area contributed by atoms with E-state index in [0.29, 0.717) is 15.9 Å². The number of hydrogen-bond donors (Lipinski definition) is 0. The molecule has 2 aromatic carbocycles. The fourth-order valence-electron chi connectivity index (χ4n) is 2.27. The zero-order chi connectivity index (χ0) is 15.1. The molecule has 1 unspecified atom stereocenters. The van der Waals surface area contributed by atoms with Gasteiger partial charge in [0.25, 0.3) is 0 Å². The minimum absolute atomic E-state index is 0.270. The third-order valence-corrected chi connectivity index (χ3v) is 4.46. The molecule has 108 valence electrons. The first-order chi connectivity index (χ1) is 9.99. The van der Waals surface area contributed by atoms with Crippen LogP contribution in [0.25, 0.3) is 16.7 Å². The van der Waals surface area contributed by atoms with E-state index < -0.39 is 0 Å². The summed E-state index contributed by atoms with van der Waals surface area (Å²) in [5.41, 5.74) is 2.43. The molecule has 0 fully saturated rings. The molecule has 21 heavy (non-hydrogen) atoms. The molecule has 0 spiro atoms. The number of hydrogen-bond acceptors (Lipinski definition) is 1. The number of nitrogens with zero attached hydrogens (tertiary/aromatic N) is 2. The monoisotopic (exact) mass is 402 g/mol. The van der Waals surface area contributed by atoms with E-state index in [4.69, 9.17) is 34.8 Å². The summed E-state index contributed by atoms with van der Waals surface area (Å²) in [4.78, 5) is 4.58. The Morgan fingerprint density at radius 2 is 1.90 bits per heavy atom. The standard InChI is InChI=1S/C15H10BrCl3N2/c1-8(17)15-20-14-10(18)3-2-4-13(14)21(15)12-6-5-9(16)7-11(12)19/h2-8H,1H3. The molecule has 0 aliphatic rings. The van der Waals surface area contributed by atoms with Crippen molar-refractivity contribution in [3.8, 4) is 5.69 Å². The van der Waals surface area contributed by atoms with Crippen molar-refractivity contribution < 1.29 is 0 Å². The normalized spacial score (nSPS) is 12.8. The minimum Gasteiger partial charge on any atom is -0.293 e. The summed E-state index contributed by atoms with van der Waals surface area (Å²) >= 11 is 22.3. The molecule has 1 atom stereocenters. The van der Waals surface area contributed by atoms with Crippen LogP contribution < -0.4 is 0 Å². The molecule has 0 aliphatic heterocycles. The van der Waals surface area contributed by atoms with Crippen molar-refractivity contribution in [1.82, 2.24) is 9.55 Å². The van der Waals surface area contributed by atoms with Gasteiger partial charge in [-0.15, -0.1) is 11.6 Å². The molecule has 2 nitrogen and oxygen atoms in total. The minimum atomic E-state index is -0.270. The predicted molar refractivity (Wildman–Crippen MR) is 93.1 cm³/mol. The van der Waals surface area contributed by atoms with Gasteiger partial charge in [-0.05, 0) is 37.3 Å². The Balaban J connectivity index is 2.39. The van der Waals surface area contributed by atoms with E-state index >= 15 is 0 Å². The molecular weight excluding hydrogens is 394 g/mol. The third kappa shape index (κ3) is 2.68. The van der Waals surface area contributed by atoms with Crippen molar-refractivity contribution in [3.63, 3.8) is 0 Å². The molecule has 0 saturated carbocycles. The predicted octanol–water partition coefficient (Wildman–Crippen LogP) is 6.39. The highest BCUT2D eigenvalue weighted by Gasteiger charge is 2.19. The maximum atomic E-state index is 6.38. The highest BCUT2D eigenvalue weighted by Crippen LogP contribution is 2.34. The van der Waals surface area contributed by atoms with Crippen LogP contribution in [0, 0.1) is 0 Å². The lowest BCUT2D eigenvalue weighted by molar-refractivity contribution is 0.882. The Bertz CT molecular complexity index is 827. The van der Waals surface area contributed by atoms with Crippen LogP contribution in [0.5, 0.6) is 0 Å². The highest BCUT2D eigenvalue weighted by molar-refractivity contribution is 9.10. The second-order valence-electron chi connectivity index (χ2n) is 4.62. The van der Waals surface area contributed by atoms with Gasteiger partial charge < -0.3 is 0 Å². The molecule has 1 heterocycles. The number of benzene rings is 2. The summed E-state index contributed by atoms with van der Waals surface area (Å²) in [5, 5.41) is 0.938. The summed E-state index contributed by atoms with van der Waals surface area (Å²) in [6, 6.07) is 11.4. The zero-order valence-corrected chi connectivity index (χ0v) is 14.8. The van der Waals surface area contributed by atoms with Gasteiger partial charge in [0, 0.05) is 4.47 Å². The Morgan fingerprint density at radius 1 is 1.14 bits per heavy atom. The van der Waals surface area contributed by atoms with E-state index in [1.165, 1.54) is 0 Å². The molecule has 3 aromatic rings. The Morgan fingerprint density at radius 3 is 2.57 bits per heavy atom. The molecule has 0 N–H and O–H groups in total. The van der Waals surface area contributed by atoms with Gasteiger partial charge >= 0.3 is 0 Å². The largest absolute Gasteiger partial charge is 0.293 e. The molecule has 6 heteroatoms. The maximum absolute atomic E-state index is 6.38. The van der Waals surface area contributed by atoms with Gasteiger partial charge in [-0.3, -0.25) is 4.57 Å². The topological polar surface area (TPSA) is 17.8 Å². The fraction of sp³-hybridized carbons (Fsp3) is 0.133. The molecule has 1 aromatic heterocycles. The van der Waals surface area contributed by atoms with Crippen LogP contribution in [0.4, 0.5) is 0 Å². The molecule has 0 amide bonds. The summed E-state index contributed by atoms with van der Waals surface area (Å²) in [6.07, 6.45) is 0. The lowest BCUT2D eigenvalue weighted by Crippen LogP contribution is -2.02. The molecule has 0 saturated heterocycles. The van der Waals surface area contributed by atoms with Gasteiger partial charge in [0.05, 0.1) is 26.6 Å². The maximum Gasteiger partial charge on any atom is 0.132 e. The van der Waals surface area contributed by atoms with Crippen molar-refractivity contribution in [3.05, 3.63) is 56.7 Å². The quantitative estimate of drug-likeness (QED) is 0.452. The Kier molecular flexibility index (Phi) is 4.19. The first-order valence-electron chi connectivity index (χ1n) is 6.25. The van der Waals surface area contributed by atoms with Gasteiger partial charge in [0.15, 0.2) is 0 Å². The lowest BCUT2D eigenvalue weighted by Gasteiger charge is -2.12. The molecule has 0 aliphatic carbocycles. The number of para-hydroxylation sites is 1. The average Bonchev–Trinajstić information content (AvgIpc) is 2.80. The molecule has 0 radical (unpaired) electrons. The number of alkyl halides is 1. The van der Waals surface area contributed by atoms with Gasteiger partial charge in [0.2, 0.25) is 0 Å². The molecular formula is C15H10BrCl3N2. The van der Waals surface area contributed by atoms with Crippen LogP contribution in [0.3, 0.4) is 0 Å². The van der Waals surface area contributed by atoms with Crippen LogP contribution in [0.2, 0.25) is 10.0 Å². The summed E-state index contributed by atoms with van der Waals surface area (Å²) in [7, 11) is 0. The van der Waals surface area contributed by atoms with Crippen molar-refractivity contribution in [1.29, 1.82) is 0 Å². The number of rotatable bonds is 2. The number of halogens is 4. The second-order valence-corrected chi connectivity index (χ2v) is 7.01. The smallest absolute Gasteiger partial charge is 0.132 e. The van der Waals surface area contributed by atoms with Crippen LogP contribution in [-0.4, -0.2) is 9.55 Å². The lowest BCUT2D eigenvalue weighted by atomic mass is 10.2. The summed E-state index contributed by atoms with van der Waals surface area (Å²) in [6.45, 7) is 1.87. The van der Waals surface area contributed by atoms with E-state index in [2.05, 4.69) is 20.9 Å². The van der Waals surface area contributed by atoms with Crippen molar-refractivity contribution in [2.45, 2.75) is 12.3 Å². The summed E-state index contributed by atoms with van der Waals surface area (Å²) in [5.74, 6) is 0.712. The number of fused-ring (bicyclic) bond motifs is 1. The van der Waals surface area contributed by atoms with E-state index in [1.54, 1.807) is 0 Å². The Labute approximate surface area is 145 Å². The number of aromatic nitrogens is 2. The molecule has 3 rings (SSSR count). The molecule has 0 bridgehead atoms. The van der Waals surface area contributed by atoms with E-state index in [9.17, 15) is 0 Å². The van der Waals surface area contributed by atoms with E-state index in [1.807, 2.05) is 47.9 Å². The van der Waals surface area contributed by atoms with E-state index in [0.717, 1.165) is 21.2 Å². The SMILES string of the molecule is CC(Cl)c1nc2c(Cl)cccc2n1-c1ccc(Br)cc1Cl. The van der Waals surface area contributed by atoms with Crippen molar-refractivity contribution in [2.24, 2.45) is 0 Å². The van der Waals surface area contributed by atoms with Crippen LogP contribution in [-0.2, 0) is 0 Å². The number of imidazole rings is 1.